The van der Waals surface area contributed by atoms with Crippen LogP contribution < -0.4 is 4.74 Å². The number of ether oxygens (including phenoxy) is 2. The molecule has 4 aromatic rings. The van der Waals surface area contributed by atoms with E-state index in [1.54, 1.807) is 30.5 Å². The molecule has 0 unspecified atom stereocenters. The molecule has 33 heavy (non-hydrogen) atoms. The van der Waals surface area contributed by atoms with Crippen molar-refractivity contribution in [1.82, 2.24) is 9.38 Å². The van der Waals surface area contributed by atoms with Gasteiger partial charge in [-0.25, -0.2) is 9.78 Å². The van der Waals surface area contributed by atoms with E-state index in [0.29, 0.717) is 16.9 Å². The number of methoxy groups -OCH3 is 1. The number of imidazole rings is 1. The maximum absolute atomic E-state index is 11.8. The fraction of sp³-hybridized carbons (Fsp3) is 0.120. The van der Waals surface area contributed by atoms with Crippen LogP contribution in [0.5, 0.6) is 5.75 Å². The van der Waals surface area contributed by atoms with Gasteiger partial charge in [0.2, 0.25) is 0 Å². The van der Waals surface area contributed by atoms with Crippen LogP contribution in [0.1, 0.15) is 32.9 Å². The van der Waals surface area contributed by atoms with Crippen LogP contribution in [-0.4, -0.2) is 27.4 Å². The van der Waals surface area contributed by atoms with E-state index in [2.05, 4.69) is 4.98 Å². The normalized spacial score (nSPS) is 11.1. The van der Waals surface area contributed by atoms with Crippen molar-refractivity contribution in [2.45, 2.75) is 13.5 Å². The van der Waals surface area contributed by atoms with E-state index >= 15 is 0 Å². The van der Waals surface area contributed by atoms with Crippen molar-refractivity contribution < 1.29 is 19.2 Å². The minimum Gasteiger partial charge on any atom is -0.482 e. The van der Waals surface area contributed by atoms with Crippen molar-refractivity contribution in [3.8, 4) is 5.75 Å². The molecule has 0 atom stereocenters. The van der Waals surface area contributed by atoms with Crippen molar-refractivity contribution in [2.75, 3.05) is 7.11 Å². The lowest BCUT2D eigenvalue weighted by molar-refractivity contribution is -0.385. The molecule has 0 N–H and O–H groups in total. The Kier molecular flexibility index (Phi) is 6.17. The first kappa shape index (κ1) is 21.8. The molecule has 0 saturated carbocycles. The molecule has 0 amide bonds. The predicted octanol–water partition coefficient (Wildman–Crippen LogP) is 5.09. The number of nitrogens with zero attached hydrogens (tertiary/aromatic N) is 3. The zero-order valence-electron chi connectivity index (χ0n) is 18.1. The quantitative estimate of drug-likeness (QED) is 0.224. The van der Waals surface area contributed by atoms with Gasteiger partial charge in [-0.15, -0.1) is 0 Å². The van der Waals surface area contributed by atoms with Crippen molar-refractivity contribution in [2.24, 2.45) is 0 Å². The molecular formula is C25H21N3O5. The Bertz CT molecular complexity index is 1360. The van der Waals surface area contributed by atoms with Gasteiger partial charge in [0.1, 0.15) is 12.3 Å². The summed E-state index contributed by atoms with van der Waals surface area (Å²) in [4.78, 5) is 27.3. The number of pyridine rings is 1. The van der Waals surface area contributed by atoms with Gasteiger partial charge in [-0.2, -0.15) is 0 Å². The van der Waals surface area contributed by atoms with Crippen molar-refractivity contribution >= 4 is 29.5 Å². The number of fused-ring (bicyclic) bond motifs is 1. The fourth-order valence-electron chi connectivity index (χ4n) is 3.40. The smallest absolute Gasteiger partial charge is 0.338 e. The molecule has 2 aromatic heterocycles. The van der Waals surface area contributed by atoms with E-state index in [1.165, 1.54) is 13.2 Å². The van der Waals surface area contributed by atoms with Crippen LogP contribution >= 0.6 is 0 Å². The van der Waals surface area contributed by atoms with Crippen molar-refractivity contribution in [3.05, 3.63) is 105 Å². The van der Waals surface area contributed by atoms with Crippen LogP contribution in [0.3, 0.4) is 0 Å². The molecule has 166 valence electrons. The second kappa shape index (κ2) is 9.35. The first-order valence-electron chi connectivity index (χ1n) is 10.2. The average Bonchev–Trinajstić information content (AvgIpc) is 3.16. The number of carbonyl (C=O) groups is 1. The Hall–Kier alpha value is -4.46. The van der Waals surface area contributed by atoms with Crippen LogP contribution in [0, 0.1) is 17.0 Å². The Morgan fingerprint density at radius 3 is 2.64 bits per heavy atom. The highest BCUT2D eigenvalue weighted by molar-refractivity contribution is 5.90. The number of esters is 1. The molecule has 8 heteroatoms. The molecule has 0 aliphatic rings. The van der Waals surface area contributed by atoms with Crippen molar-refractivity contribution in [3.63, 3.8) is 0 Å². The number of rotatable bonds is 7. The highest BCUT2D eigenvalue weighted by Gasteiger charge is 2.16. The Labute approximate surface area is 189 Å². The zero-order valence-corrected chi connectivity index (χ0v) is 18.1. The van der Waals surface area contributed by atoms with Gasteiger partial charge in [0.15, 0.2) is 5.75 Å². The second-order valence-corrected chi connectivity index (χ2v) is 7.31. The van der Waals surface area contributed by atoms with Gasteiger partial charge in [-0.3, -0.25) is 10.1 Å². The van der Waals surface area contributed by atoms with Crippen LogP contribution in [0.25, 0.3) is 17.8 Å². The zero-order chi connectivity index (χ0) is 23.4. The fourth-order valence-corrected chi connectivity index (χ4v) is 3.40. The minimum atomic E-state index is -0.459. The number of carbonyl (C=O) groups excluding carboxylic acids is 1. The van der Waals surface area contributed by atoms with Crippen molar-refractivity contribution in [1.29, 1.82) is 0 Å². The number of nitro benzene ring substituents is 1. The Balaban J connectivity index is 1.61. The third-order valence-corrected chi connectivity index (χ3v) is 5.17. The van der Waals surface area contributed by atoms with Crippen LogP contribution in [0.2, 0.25) is 0 Å². The molecule has 0 fully saturated rings. The molecular weight excluding hydrogens is 422 g/mol. The van der Waals surface area contributed by atoms with E-state index in [-0.39, 0.29) is 18.0 Å². The number of aryl methyl sites for hydroxylation is 1. The minimum absolute atomic E-state index is 0.0951. The summed E-state index contributed by atoms with van der Waals surface area (Å²) < 4.78 is 12.4. The highest BCUT2D eigenvalue weighted by atomic mass is 16.6. The maximum Gasteiger partial charge on any atom is 0.338 e. The summed E-state index contributed by atoms with van der Waals surface area (Å²) in [5, 5.41) is 11.4. The van der Waals surface area contributed by atoms with Gasteiger partial charge in [-0.1, -0.05) is 36.4 Å². The first-order valence-corrected chi connectivity index (χ1v) is 10.2. The molecule has 2 heterocycles. The summed E-state index contributed by atoms with van der Waals surface area (Å²) in [6.45, 7) is 2.14. The molecule has 0 aliphatic heterocycles. The number of nitro groups is 1. The second-order valence-electron chi connectivity index (χ2n) is 7.31. The summed E-state index contributed by atoms with van der Waals surface area (Å²) in [5.74, 6) is -0.232. The molecule has 0 saturated heterocycles. The van der Waals surface area contributed by atoms with E-state index in [1.807, 2.05) is 53.8 Å². The lowest BCUT2D eigenvalue weighted by Gasteiger charge is -2.08. The first-order chi connectivity index (χ1) is 16.0. The Morgan fingerprint density at radius 2 is 1.91 bits per heavy atom. The molecule has 0 radical (unpaired) electrons. The van der Waals surface area contributed by atoms with E-state index in [9.17, 15) is 14.9 Å². The molecule has 8 nitrogen and oxygen atoms in total. The van der Waals surface area contributed by atoms with E-state index < -0.39 is 10.9 Å². The van der Waals surface area contributed by atoms with E-state index in [0.717, 1.165) is 16.8 Å². The van der Waals surface area contributed by atoms with Crippen LogP contribution in [-0.2, 0) is 11.3 Å². The highest BCUT2D eigenvalue weighted by Crippen LogP contribution is 2.29. The number of hydrogen-bond acceptors (Lipinski definition) is 6. The summed E-state index contributed by atoms with van der Waals surface area (Å²) in [6, 6.07) is 17.5. The van der Waals surface area contributed by atoms with Gasteiger partial charge in [0, 0.05) is 18.0 Å². The molecule has 0 spiro atoms. The third kappa shape index (κ3) is 4.74. The maximum atomic E-state index is 11.8. The van der Waals surface area contributed by atoms with E-state index in [4.69, 9.17) is 9.47 Å². The molecule has 2 aromatic carbocycles. The standard InChI is InChI=1S/C25H21N3O5/c1-17-21(26-24-15-20(25(29)32-2)12-13-27(17)24)10-8-18-9-11-22(28(30)31)23(14-18)33-16-19-6-4-3-5-7-19/h3-15H,16H2,1-2H3. The number of benzene rings is 2. The average molecular weight is 443 g/mol. The largest absolute Gasteiger partial charge is 0.482 e. The Morgan fingerprint density at radius 1 is 1.12 bits per heavy atom. The van der Waals surface area contributed by atoms with Crippen LogP contribution in [0.15, 0.2) is 66.9 Å². The van der Waals surface area contributed by atoms with Crippen LogP contribution in [0.4, 0.5) is 5.69 Å². The number of aromatic nitrogens is 2. The number of hydrogen-bond donors (Lipinski definition) is 0. The van der Waals surface area contributed by atoms with Gasteiger partial charge < -0.3 is 13.9 Å². The SMILES string of the molecule is COC(=O)c1ccn2c(C)c(C=Cc3ccc([N+](=O)[O-])c(OCc4ccccc4)c3)nc2c1. The predicted molar refractivity (Wildman–Crippen MR) is 124 cm³/mol. The van der Waals surface area contributed by atoms with Gasteiger partial charge in [-0.05, 0) is 48.4 Å². The summed E-state index contributed by atoms with van der Waals surface area (Å²) in [7, 11) is 1.33. The monoisotopic (exact) mass is 443 g/mol. The molecule has 4 rings (SSSR count). The van der Waals surface area contributed by atoms with Gasteiger partial charge in [0.05, 0.1) is 23.3 Å². The summed E-state index contributed by atoms with van der Waals surface area (Å²) in [6.07, 6.45) is 5.40. The third-order valence-electron chi connectivity index (χ3n) is 5.17. The van der Waals surface area contributed by atoms with Gasteiger partial charge in [0.25, 0.3) is 0 Å². The molecule has 0 aliphatic carbocycles. The topological polar surface area (TPSA) is 96.0 Å². The lowest BCUT2D eigenvalue weighted by atomic mass is 10.1. The summed E-state index contributed by atoms with van der Waals surface area (Å²) in [5.41, 5.74) is 4.19. The lowest BCUT2D eigenvalue weighted by Crippen LogP contribution is -2.02. The molecule has 0 bridgehead atoms. The van der Waals surface area contributed by atoms with Gasteiger partial charge >= 0.3 is 11.7 Å². The summed E-state index contributed by atoms with van der Waals surface area (Å²) >= 11 is 0.